The van der Waals surface area contributed by atoms with E-state index in [1.54, 1.807) is 35.2 Å². The number of nitrogens with one attached hydrogen (secondary N) is 1. The number of hydrogen-bond donors (Lipinski definition) is 2. The molecule has 0 fully saturated rings. The van der Waals surface area contributed by atoms with Gasteiger partial charge in [-0.15, -0.1) is 5.10 Å². The molecule has 0 radical (unpaired) electrons. The fourth-order valence-corrected chi connectivity index (χ4v) is 4.85. The Labute approximate surface area is 216 Å². The van der Waals surface area contributed by atoms with Crippen molar-refractivity contribution in [2.75, 3.05) is 11.9 Å². The second kappa shape index (κ2) is 9.07. The Morgan fingerprint density at radius 2 is 1.92 bits per heavy atom. The Bertz CT molecular complexity index is 1710. The van der Waals surface area contributed by atoms with E-state index >= 15 is 0 Å². The summed E-state index contributed by atoms with van der Waals surface area (Å²) in [5.41, 5.74) is 5.52. The highest BCUT2D eigenvalue weighted by Crippen LogP contribution is 2.33. The number of aromatic nitrogens is 8. The number of fused-ring (bicyclic) bond motifs is 1. The van der Waals surface area contributed by atoms with Gasteiger partial charge in [-0.25, -0.2) is 14.8 Å². The van der Waals surface area contributed by atoms with Crippen molar-refractivity contribution in [3.05, 3.63) is 88.6 Å². The van der Waals surface area contributed by atoms with E-state index in [2.05, 4.69) is 30.5 Å². The van der Waals surface area contributed by atoms with Gasteiger partial charge in [0, 0.05) is 36.3 Å². The van der Waals surface area contributed by atoms with Gasteiger partial charge in [0.25, 0.3) is 5.56 Å². The zero-order chi connectivity index (χ0) is 26.4. The Kier molecular flexibility index (Phi) is 5.56. The van der Waals surface area contributed by atoms with E-state index in [1.165, 1.54) is 18.1 Å². The molecule has 1 aromatic carbocycles. The molecule has 0 aliphatic carbocycles. The van der Waals surface area contributed by atoms with Crippen molar-refractivity contribution in [1.82, 2.24) is 39.7 Å². The third-order valence-electron chi connectivity index (χ3n) is 6.78. The minimum absolute atomic E-state index is 0.122. The zero-order valence-electron chi connectivity index (χ0n) is 20.6. The predicted molar refractivity (Wildman–Crippen MR) is 138 cm³/mol. The average molecular weight is 510 g/mol. The summed E-state index contributed by atoms with van der Waals surface area (Å²) in [4.78, 5) is 38.2. The van der Waals surface area contributed by atoms with Gasteiger partial charge < -0.3 is 14.7 Å². The van der Waals surface area contributed by atoms with Crippen LogP contribution in [0.3, 0.4) is 0 Å². The van der Waals surface area contributed by atoms with E-state index in [1.807, 2.05) is 31.2 Å². The molecule has 1 amide bonds. The Morgan fingerprint density at radius 1 is 1.11 bits per heavy atom. The number of aryl methyl sites for hydroxylation is 2. The maximum absolute atomic E-state index is 13.4. The van der Waals surface area contributed by atoms with E-state index in [9.17, 15) is 9.59 Å². The molecule has 12 heteroatoms. The lowest BCUT2D eigenvalue weighted by Gasteiger charge is -2.15. The van der Waals surface area contributed by atoms with E-state index in [-0.39, 0.29) is 11.6 Å². The fourth-order valence-electron chi connectivity index (χ4n) is 4.85. The third kappa shape index (κ3) is 4.01. The lowest BCUT2D eigenvalue weighted by Crippen LogP contribution is -2.24. The third-order valence-corrected chi connectivity index (χ3v) is 6.78. The summed E-state index contributed by atoms with van der Waals surface area (Å²) in [6.07, 6.45) is 5.38. The highest BCUT2D eigenvalue weighted by molar-refractivity contribution is 5.85. The second-order valence-corrected chi connectivity index (χ2v) is 9.21. The zero-order valence-corrected chi connectivity index (χ0v) is 20.6. The number of benzene rings is 1. The summed E-state index contributed by atoms with van der Waals surface area (Å²) in [5, 5.41) is 20.6. The molecule has 0 saturated heterocycles. The van der Waals surface area contributed by atoms with Gasteiger partial charge in [0.05, 0.1) is 17.9 Å². The Balaban J connectivity index is 1.32. The van der Waals surface area contributed by atoms with Gasteiger partial charge in [-0.3, -0.25) is 9.69 Å². The van der Waals surface area contributed by atoms with Crippen molar-refractivity contribution in [2.24, 2.45) is 0 Å². The average Bonchev–Trinajstić information content (AvgIpc) is 3.69. The summed E-state index contributed by atoms with van der Waals surface area (Å²) >= 11 is 0. The molecule has 190 valence electrons. The molecule has 1 atom stereocenters. The van der Waals surface area contributed by atoms with E-state index < -0.39 is 6.09 Å². The van der Waals surface area contributed by atoms with Gasteiger partial charge in [-0.1, -0.05) is 12.1 Å². The van der Waals surface area contributed by atoms with Gasteiger partial charge in [-0.05, 0) is 71.1 Å². The molecule has 0 bridgehead atoms. The number of nitrogens with zero attached hydrogens (tertiary/aromatic N) is 8. The molecule has 5 aromatic rings. The SMILES string of the molecule is Cc1cnc(-n2cnnn2)c(-c2cc3n(c(=O)c2)[C@H](c2ncc(-c4ccc(N(C)C(=O)O)cc4)[nH]2)CC3)c1. The van der Waals surface area contributed by atoms with Crippen molar-refractivity contribution >= 4 is 11.8 Å². The van der Waals surface area contributed by atoms with Crippen molar-refractivity contribution in [1.29, 1.82) is 0 Å². The molecular formula is C26H23N9O3. The lowest BCUT2D eigenvalue weighted by molar-refractivity contribution is 0.203. The number of aromatic amines is 1. The summed E-state index contributed by atoms with van der Waals surface area (Å²) in [7, 11) is 1.49. The molecule has 0 saturated carbocycles. The monoisotopic (exact) mass is 509 g/mol. The highest BCUT2D eigenvalue weighted by atomic mass is 16.4. The van der Waals surface area contributed by atoms with E-state index in [0.717, 1.165) is 51.4 Å². The van der Waals surface area contributed by atoms with Gasteiger partial charge in [0.15, 0.2) is 5.82 Å². The van der Waals surface area contributed by atoms with Crippen molar-refractivity contribution in [3.63, 3.8) is 0 Å². The number of carboxylic acid groups (broad SMARTS) is 1. The lowest BCUT2D eigenvalue weighted by atomic mass is 10.0. The molecule has 38 heavy (non-hydrogen) atoms. The minimum atomic E-state index is -1.03. The molecule has 2 N–H and O–H groups in total. The molecular weight excluding hydrogens is 486 g/mol. The Morgan fingerprint density at radius 3 is 2.66 bits per heavy atom. The first-order valence-corrected chi connectivity index (χ1v) is 12.0. The first kappa shape index (κ1) is 23.3. The largest absolute Gasteiger partial charge is 0.465 e. The van der Waals surface area contributed by atoms with Crippen LogP contribution in [0.15, 0.2) is 66.0 Å². The maximum atomic E-state index is 13.4. The van der Waals surface area contributed by atoms with Crippen LogP contribution < -0.4 is 10.5 Å². The molecule has 0 unspecified atom stereocenters. The minimum Gasteiger partial charge on any atom is -0.465 e. The number of rotatable bonds is 5. The van der Waals surface area contributed by atoms with Gasteiger partial charge in [-0.2, -0.15) is 4.68 Å². The number of hydrogen-bond acceptors (Lipinski definition) is 7. The molecule has 4 aromatic heterocycles. The molecule has 1 aliphatic rings. The first-order valence-electron chi connectivity index (χ1n) is 12.0. The standard InChI is InChI=1S/C26H23N9O3/c1-15-9-20(25(28-12-15)34-14-29-31-32-34)17-10-19-7-8-22(35(19)23(36)11-17)24-27-13-21(30-24)16-3-5-18(6-4-16)33(2)26(37)38/h3-6,9-14,22H,7-8H2,1-2H3,(H,27,30)(H,37,38)/t22-/m0/s1. The summed E-state index contributed by atoms with van der Waals surface area (Å²) < 4.78 is 3.27. The van der Waals surface area contributed by atoms with Crippen molar-refractivity contribution in [2.45, 2.75) is 25.8 Å². The maximum Gasteiger partial charge on any atom is 0.411 e. The number of pyridine rings is 2. The van der Waals surface area contributed by atoms with Gasteiger partial charge >= 0.3 is 6.09 Å². The van der Waals surface area contributed by atoms with Crippen LogP contribution in [0.4, 0.5) is 10.5 Å². The fraction of sp³-hybridized carbons (Fsp3) is 0.192. The number of tetrazole rings is 1. The number of carbonyl (C=O) groups is 1. The summed E-state index contributed by atoms with van der Waals surface area (Å²) in [5.74, 6) is 1.25. The van der Waals surface area contributed by atoms with Crippen molar-refractivity contribution in [3.8, 4) is 28.2 Å². The molecule has 6 rings (SSSR count). The van der Waals surface area contributed by atoms with Gasteiger partial charge in [0.1, 0.15) is 12.2 Å². The first-order chi connectivity index (χ1) is 18.4. The molecule has 1 aliphatic heterocycles. The molecule has 12 nitrogen and oxygen atoms in total. The topological polar surface area (TPSA) is 148 Å². The van der Waals surface area contributed by atoms with Crippen LogP contribution in [0, 0.1) is 6.92 Å². The van der Waals surface area contributed by atoms with Crippen LogP contribution in [0.2, 0.25) is 0 Å². The number of anilines is 1. The van der Waals surface area contributed by atoms with Gasteiger partial charge in [0.2, 0.25) is 0 Å². The predicted octanol–water partition coefficient (Wildman–Crippen LogP) is 3.23. The van der Waals surface area contributed by atoms with E-state index in [4.69, 9.17) is 5.11 Å². The van der Waals surface area contributed by atoms with Crippen LogP contribution in [-0.4, -0.2) is 58.0 Å². The van der Waals surface area contributed by atoms with E-state index in [0.29, 0.717) is 17.3 Å². The number of imidazole rings is 1. The Hall–Kier alpha value is -5.13. The van der Waals surface area contributed by atoms with Crippen LogP contribution in [-0.2, 0) is 6.42 Å². The second-order valence-electron chi connectivity index (χ2n) is 9.21. The smallest absolute Gasteiger partial charge is 0.411 e. The van der Waals surface area contributed by atoms with Crippen molar-refractivity contribution < 1.29 is 9.90 Å². The molecule has 5 heterocycles. The van der Waals surface area contributed by atoms with Crippen LogP contribution >= 0.6 is 0 Å². The normalized spacial score (nSPS) is 14.4. The number of amides is 1. The number of H-pyrrole nitrogens is 1. The summed E-state index contributed by atoms with van der Waals surface area (Å²) in [6.45, 7) is 1.95. The quantitative estimate of drug-likeness (QED) is 0.367. The van der Waals surface area contributed by atoms with Crippen LogP contribution in [0.5, 0.6) is 0 Å². The van der Waals surface area contributed by atoms with Crippen LogP contribution in [0.25, 0.3) is 28.2 Å². The molecule has 0 spiro atoms. The highest BCUT2D eigenvalue weighted by Gasteiger charge is 2.28. The van der Waals surface area contributed by atoms with Crippen LogP contribution in [0.1, 0.15) is 29.5 Å². The summed E-state index contributed by atoms with van der Waals surface area (Å²) in [6, 6.07) is 12.6.